The second kappa shape index (κ2) is 12.5. The van der Waals surface area contributed by atoms with E-state index in [1.165, 1.54) is 54.7 Å². The molecule has 220 valence electrons. The van der Waals surface area contributed by atoms with E-state index in [9.17, 15) is 14.4 Å². The molecule has 2 aromatic heterocycles. The highest BCUT2D eigenvalue weighted by atomic mass is 16.5. The molecule has 0 radical (unpaired) electrons. The molecule has 0 aliphatic carbocycles. The lowest BCUT2D eigenvalue weighted by Crippen LogP contribution is -2.42. The van der Waals surface area contributed by atoms with E-state index in [2.05, 4.69) is 10.3 Å². The van der Waals surface area contributed by atoms with Gasteiger partial charge in [0, 0.05) is 23.5 Å². The molecule has 0 aliphatic rings. The molecule has 2 heterocycles. The summed E-state index contributed by atoms with van der Waals surface area (Å²) >= 11 is 0. The number of pyridine rings is 1. The van der Waals surface area contributed by atoms with Gasteiger partial charge in [-0.15, -0.1) is 0 Å². The van der Waals surface area contributed by atoms with Crippen LogP contribution >= 0.6 is 0 Å². The van der Waals surface area contributed by atoms with E-state index < -0.39 is 23.3 Å². The molecule has 12 nitrogen and oxygen atoms in total. The molecule has 12 heteroatoms. The van der Waals surface area contributed by atoms with Crippen molar-refractivity contribution in [3.8, 4) is 28.7 Å². The summed E-state index contributed by atoms with van der Waals surface area (Å²) in [5.41, 5.74) is 1.37. The number of aromatic nitrogens is 2. The van der Waals surface area contributed by atoms with Crippen LogP contribution in [0.4, 0.5) is 0 Å². The second-order valence-corrected chi connectivity index (χ2v) is 9.04. The SMILES string of the molecule is COc1ccc(C(=C(C)NC(=O)[C@H](C)n2c(=O)oc3c(OC)ccnc3c2=O)c2ccc(OC)c(OC)c2)cc1OC. The third-order valence-electron chi connectivity index (χ3n) is 6.69. The van der Waals surface area contributed by atoms with Gasteiger partial charge in [-0.1, -0.05) is 12.1 Å². The van der Waals surface area contributed by atoms with Crippen LogP contribution in [0.3, 0.4) is 0 Å². The number of hydrogen-bond donors (Lipinski definition) is 1. The number of fused-ring (bicyclic) bond motifs is 1. The van der Waals surface area contributed by atoms with Gasteiger partial charge in [0.25, 0.3) is 5.56 Å². The van der Waals surface area contributed by atoms with Crippen molar-refractivity contribution in [2.75, 3.05) is 35.5 Å². The first-order valence-corrected chi connectivity index (χ1v) is 12.7. The quantitative estimate of drug-likeness (QED) is 0.298. The summed E-state index contributed by atoms with van der Waals surface area (Å²) < 4.78 is 33.0. The molecule has 42 heavy (non-hydrogen) atoms. The number of benzene rings is 2. The number of ether oxygens (including phenoxy) is 5. The van der Waals surface area contributed by atoms with Crippen LogP contribution in [0.2, 0.25) is 0 Å². The molecule has 1 amide bonds. The van der Waals surface area contributed by atoms with E-state index in [1.807, 2.05) is 12.1 Å². The number of rotatable bonds is 10. The van der Waals surface area contributed by atoms with Crippen molar-refractivity contribution in [1.82, 2.24) is 14.9 Å². The van der Waals surface area contributed by atoms with Crippen LogP contribution < -0.4 is 40.3 Å². The summed E-state index contributed by atoms with van der Waals surface area (Å²) in [6.07, 6.45) is 1.35. The summed E-state index contributed by atoms with van der Waals surface area (Å²) in [5, 5.41) is 2.84. The molecular formula is C30H31N3O9. The van der Waals surface area contributed by atoms with Crippen LogP contribution in [0.25, 0.3) is 16.7 Å². The maximum absolute atomic E-state index is 13.5. The molecule has 0 bridgehead atoms. The Labute approximate surface area is 241 Å². The number of amides is 1. The van der Waals surface area contributed by atoms with Crippen molar-refractivity contribution in [3.05, 3.63) is 86.4 Å². The molecular weight excluding hydrogens is 546 g/mol. The lowest BCUT2D eigenvalue weighted by atomic mass is 9.95. The minimum absolute atomic E-state index is 0.0980. The molecule has 0 aliphatic heterocycles. The van der Waals surface area contributed by atoms with Gasteiger partial charge in [0.05, 0.1) is 35.5 Å². The van der Waals surface area contributed by atoms with Crippen molar-refractivity contribution in [2.24, 2.45) is 0 Å². The Balaban J connectivity index is 1.83. The van der Waals surface area contributed by atoms with E-state index in [4.69, 9.17) is 28.1 Å². The average molecular weight is 578 g/mol. The van der Waals surface area contributed by atoms with Crippen molar-refractivity contribution in [1.29, 1.82) is 0 Å². The van der Waals surface area contributed by atoms with Gasteiger partial charge in [-0.05, 0) is 49.2 Å². The van der Waals surface area contributed by atoms with Gasteiger partial charge < -0.3 is 33.4 Å². The Kier molecular flexibility index (Phi) is 8.84. The maximum atomic E-state index is 13.5. The predicted octanol–water partition coefficient (Wildman–Crippen LogP) is 3.55. The highest BCUT2D eigenvalue weighted by Gasteiger charge is 2.25. The highest BCUT2D eigenvalue weighted by Crippen LogP contribution is 2.37. The summed E-state index contributed by atoms with van der Waals surface area (Å²) in [5.74, 6) is 0.511. The van der Waals surface area contributed by atoms with Crippen molar-refractivity contribution in [2.45, 2.75) is 19.9 Å². The largest absolute Gasteiger partial charge is 0.493 e. The molecule has 0 saturated heterocycles. The first-order chi connectivity index (χ1) is 20.2. The molecule has 1 atom stereocenters. The van der Waals surface area contributed by atoms with Crippen LogP contribution in [0.15, 0.2) is 68.4 Å². The van der Waals surface area contributed by atoms with Gasteiger partial charge in [0.15, 0.2) is 34.3 Å². The van der Waals surface area contributed by atoms with Crippen LogP contribution in [0.5, 0.6) is 28.7 Å². The van der Waals surface area contributed by atoms with Crippen LogP contribution in [0, 0.1) is 0 Å². The minimum Gasteiger partial charge on any atom is -0.493 e. The number of carbonyl (C=O) groups excluding carboxylic acids is 1. The Morgan fingerprint density at radius 2 is 1.33 bits per heavy atom. The molecule has 0 fully saturated rings. The number of allylic oxidation sites excluding steroid dienone is 1. The number of methoxy groups -OCH3 is 5. The monoisotopic (exact) mass is 577 g/mol. The van der Waals surface area contributed by atoms with Gasteiger partial charge in [0.2, 0.25) is 11.5 Å². The van der Waals surface area contributed by atoms with Crippen molar-refractivity contribution < 1.29 is 32.9 Å². The fraction of sp³-hybridized carbons (Fsp3) is 0.267. The van der Waals surface area contributed by atoms with Gasteiger partial charge in [-0.2, -0.15) is 0 Å². The second-order valence-electron chi connectivity index (χ2n) is 9.04. The first kappa shape index (κ1) is 29.7. The van der Waals surface area contributed by atoms with Gasteiger partial charge in [-0.25, -0.2) is 14.3 Å². The van der Waals surface area contributed by atoms with E-state index in [1.54, 1.807) is 31.2 Å². The van der Waals surface area contributed by atoms with E-state index in [-0.39, 0.29) is 16.8 Å². The van der Waals surface area contributed by atoms with Gasteiger partial charge in [-0.3, -0.25) is 9.59 Å². The fourth-order valence-electron chi connectivity index (χ4n) is 4.56. The van der Waals surface area contributed by atoms with Crippen LogP contribution in [-0.4, -0.2) is 51.0 Å². The molecule has 0 unspecified atom stereocenters. The Morgan fingerprint density at radius 1 is 0.810 bits per heavy atom. The maximum Gasteiger partial charge on any atom is 0.423 e. The zero-order valence-corrected chi connectivity index (χ0v) is 24.3. The number of hydrogen-bond acceptors (Lipinski definition) is 10. The van der Waals surface area contributed by atoms with Crippen molar-refractivity contribution in [3.63, 3.8) is 0 Å². The molecule has 2 aromatic carbocycles. The summed E-state index contributed by atoms with van der Waals surface area (Å²) in [4.78, 5) is 43.6. The lowest BCUT2D eigenvalue weighted by molar-refractivity contribution is -0.123. The summed E-state index contributed by atoms with van der Waals surface area (Å²) in [6, 6.07) is 10.9. The molecule has 0 spiro atoms. The normalized spacial score (nSPS) is 11.4. The third kappa shape index (κ3) is 5.51. The number of nitrogens with zero attached hydrogens (tertiary/aromatic N) is 2. The van der Waals surface area contributed by atoms with Crippen LogP contribution in [0.1, 0.15) is 31.0 Å². The predicted molar refractivity (Wildman–Crippen MR) is 155 cm³/mol. The third-order valence-corrected chi connectivity index (χ3v) is 6.69. The van der Waals surface area contributed by atoms with E-state index in [0.29, 0.717) is 50.0 Å². The standard InChI is InChI=1S/C30H31N3O9/c1-16(32-28(34)17(2)33-29(35)26-27(42-30(33)36)22(39-5)12-13-31-26)25(18-8-10-20(37-3)23(14-18)40-6)19-9-11-21(38-4)24(15-19)41-7/h8-15,17H,1-7H3,(H,32,34)/t17-/m0/s1. The van der Waals surface area contributed by atoms with Gasteiger partial charge >= 0.3 is 5.76 Å². The topological polar surface area (TPSA) is 140 Å². The fourth-order valence-corrected chi connectivity index (χ4v) is 4.56. The number of nitrogens with one attached hydrogen (secondary N) is 1. The zero-order chi connectivity index (χ0) is 30.6. The average Bonchev–Trinajstić information content (AvgIpc) is 3.00. The summed E-state index contributed by atoms with van der Waals surface area (Å²) in [7, 11) is 7.49. The Bertz CT molecular complexity index is 1730. The zero-order valence-electron chi connectivity index (χ0n) is 24.3. The van der Waals surface area contributed by atoms with E-state index in [0.717, 1.165) is 0 Å². The molecule has 4 aromatic rings. The Hall–Kier alpha value is -5.26. The summed E-state index contributed by atoms with van der Waals surface area (Å²) in [6.45, 7) is 3.12. The van der Waals surface area contributed by atoms with Crippen LogP contribution in [-0.2, 0) is 4.79 Å². The smallest absolute Gasteiger partial charge is 0.423 e. The van der Waals surface area contributed by atoms with Crippen molar-refractivity contribution >= 4 is 22.6 Å². The minimum atomic E-state index is -1.25. The van der Waals surface area contributed by atoms with Gasteiger partial charge in [0.1, 0.15) is 6.04 Å². The molecule has 4 rings (SSSR count). The Morgan fingerprint density at radius 3 is 1.83 bits per heavy atom. The van der Waals surface area contributed by atoms with E-state index >= 15 is 0 Å². The molecule has 1 N–H and O–H groups in total. The lowest BCUT2D eigenvalue weighted by Gasteiger charge is -2.19. The highest BCUT2D eigenvalue weighted by molar-refractivity contribution is 5.89. The number of carbonyl (C=O) groups is 1. The first-order valence-electron chi connectivity index (χ1n) is 12.7. The molecule has 0 saturated carbocycles.